The molecule has 0 spiro atoms. The molecule has 3 N–H and O–H groups in total. The average Bonchev–Trinajstić information content (AvgIpc) is 3.18. The van der Waals surface area contributed by atoms with Gasteiger partial charge < -0.3 is 14.9 Å². The van der Waals surface area contributed by atoms with E-state index in [2.05, 4.69) is 10.3 Å². The first-order valence-electron chi connectivity index (χ1n) is 8.85. The van der Waals surface area contributed by atoms with Crippen LogP contribution in [-0.4, -0.2) is 46.1 Å². The molecule has 0 saturated carbocycles. The van der Waals surface area contributed by atoms with Crippen LogP contribution in [0, 0.1) is 6.92 Å². The predicted octanol–water partition coefficient (Wildman–Crippen LogP) is 3.11. The van der Waals surface area contributed by atoms with Gasteiger partial charge in [-0.25, -0.2) is 9.79 Å². The summed E-state index contributed by atoms with van der Waals surface area (Å²) in [5.41, 5.74) is 6.62. The maximum absolute atomic E-state index is 12.6. The van der Waals surface area contributed by atoms with Crippen molar-refractivity contribution in [1.82, 2.24) is 10.2 Å². The van der Waals surface area contributed by atoms with Crippen molar-refractivity contribution in [2.75, 3.05) is 11.6 Å². The Labute approximate surface area is 167 Å². The molecule has 2 heterocycles. The molecule has 1 aliphatic rings. The summed E-state index contributed by atoms with van der Waals surface area (Å²) in [4.78, 5) is 30.6. The standard InChI is InChI=1S/C19H24N4O4S/c1-11-7-12-8-13(5-6-15(12)26-11)21-17(20)22-16(24)14-9-28-10-23(14)18(25)27-19(2,3)4/h5-8,14H,9-10H2,1-4H3,(H3,20,21,22,24)/t14-/m0/s1. The van der Waals surface area contributed by atoms with Gasteiger partial charge in [0.1, 0.15) is 23.0 Å². The van der Waals surface area contributed by atoms with Crippen LogP contribution in [0.15, 0.2) is 33.7 Å². The van der Waals surface area contributed by atoms with Crippen molar-refractivity contribution in [3.63, 3.8) is 0 Å². The first kappa shape index (κ1) is 20.1. The third-order valence-corrected chi connectivity index (χ3v) is 4.95. The molecule has 2 aromatic rings. The van der Waals surface area contributed by atoms with E-state index in [9.17, 15) is 9.59 Å². The first-order valence-corrected chi connectivity index (χ1v) is 10.0. The molecule has 0 aliphatic carbocycles. The Balaban J connectivity index is 1.68. The molecule has 1 fully saturated rings. The SMILES string of the molecule is Cc1cc2cc(N=C(N)NC(=O)[C@@H]3CSCN3C(=O)OC(C)(C)C)ccc2o1. The summed E-state index contributed by atoms with van der Waals surface area (Å²) in [7, 11) is 0. The number of hydrogen-bond donors (Lipinski definition) is 2. The summed E-state index contributed by atoms with van der Waals surface area (Å²) >= 11 is 1.48. The number of furan rings is 1. The average molecular weight is 404 g/mol. The number of hydrogen-bond acceptors (Lipinski definition) is 6. The minimum Gasteiger partial charge on any atom is -0.461 e. The highest BCUT2D eigenvalue weighted by Gasteiger charge is 2.37. The van der Waals surface area contributed by atoms with Crippen LogP contribution in [0.2, 0.25) is 0 Å². The van der Waals surface area contributed by atoms with E-state index in [1.54, 1.807) is 32.9 Å². The van der Waals surface area contributed by atoms with Crippen LogP contribution in [0.25, 0.3) is 11.0 Å². The highest BCUT2D eigenvalue weighted by atomic mass is 32.2. The van der Waals surface area contributed by atoms with Crippen LogP contribution in [0.5, 0.6) is 0 Å². The molecule has 2 amide bonds. The van der Waals surface area contributed by atoms with Crippen molar-refractivity contribution >= 4 is 46.4 Å². The topological polar surface area (TPSA) is 110 Å². The number of benzene rings is 1. The first-order chi connectivity index (χ1) is 13.1. The van der Waals surface area contributed by atoms with Gasteiger partial charge >= 0.3 is 6.09 Å². The van der Waals surface area contributed by atoms with Gasteiger partial charge in [-0.2, -0.15) is 0 Å². The fraction of sp³-hybridized carbons (Fsp3) is 0.421. The third kappa shape index (κ3) is 4.78. The van der Waals surface area contributed by atoms with Crippen molar-refractivity contribution in [1.29, 1.82) is 0 Å². The lowest BCUT2D eigenvalue weighted by molar-refractivity contribution is -0.123. The second kappa shape index (κ2) is 7.75. The summed E-state index contributed by atoms with van der Waals surface area (Å²) in [6.07, 6.45) is -0.520. The molecule has 1 saturated heterocycles. The predicted molar refractivity (Wildman–Crippen MR) is 110 cm³/mol. The summed E-state index contributed by atoms with van der Waals surface area (Å²) in [5, 5.41) is 3.48. The zero-order valence-corrected chi connectivity index (χ0v) is 17.1. The van der Waals surface area contributed by atoms with E-state index < -0.39 is 23.6 Å². The van der Waals surface area contributed by atoms with Crippen LogP contribution in [0.4, 0.5) is 10.5 Å². The van der Waals surface area contributed by atoms with Crippen molar-refractivity contribution in [2.24, 2.45) is 10.7 Å². The van der Waals surface area contributed by atoms with Crippen molar-refractivity contribution < 1.29 is 18.7 Å². The van der Waals surface area contributed by atoms with E-state index in [1.165, 1.54) is 16.7 Å². The molecule has 150 valence electrons. The number of guanidine groups is 1. The number of ether oxygens (including phenoxy) is 1. The summed E-state index contributed by atoms with van der Waals surface area (Å²) in [6.45, 7) is 7.22. The largest absolute Gasteiger partial charge is 0.461 e. The molecule has 9 heteroatoms. The van der Waals surface area contributed by atoms with Crippen LogP contribution in [0.3, 0.4) is 0 Å². The van der Waals surface area contributed by atoms with E-state index in [1.807, 2.05) is 19.1 Å². The summed E-state index contributed by atoms with van der Waals surface area (Å²) in [5.74, 6) is 1.24. The number of aryl methyl sites for hydroxylation is 1. The van der Waals surface area contributed by atoms with Gasteiger partial charge in [-0.3, -0.25) is 15.0 Å². The fourth-order valence-corrected chi connectivity index (χ4v) is 3.91. The molecule has 1 aromatic heterocycles. The van der Waals surface area contributed by atoms with Gasteiger partial charge in [0.15, 0.2) is 0 Å². The zero-order chi connectivity index (χ0) is 20.5. The van der Waals surface area contributed by atoms with E-state index >= 15 is 0 Å². The quantitative estimate of drug-likeness (QED) is 0.588. The molecular formula is C19H24N4O4S. The summed E-state index contributed by atoms with van der Waals surface area (Å²) < 4.78 is 10.9. The van der Waals surface area contributed by atoms with Gasteiger partial charge in [0.2, 0.25) is 11.9 Å². The normalized spacial score (nSPS) is 17.8. The lowest BCUT2D eigenvalue weighted by Crippen LogP contribution is -2.51. The number of thioether (sulfide) groups is 1. The van der Waals surface area contributed by atoms with Crippen molar-refractivity contribution in [3.8, 4) is 0 Å². The molecule has 1 aliphatic heterocycles. The minimum absolute atomic E-state index is 0.0365. The highest BCUT2D eigenvalue weighted by molar-refractivity contribution is 7.99. The molecule has 0 unspecified atom stereocenters. The van der Waals surface area contributed by atoms with Gasteiger partial charge in [0.25, 0.3) is 0 Å². The Morgan fingerprint density at radius 1 is 1.36 bits per heavy atom. The van der Waals surface area contributed by atoms with Crippen LogP contribution < -0.4 is 11.1 Å². The molecule has 0 radical (unpaired) electrons. The van der Waals surface area contributed by atoms with Crippen molar-refractivity contribution in [3.05, 3.63) is 30.0 Å². The van der Waals surface area contributed by atoms with Gasteiger partial charge in [-0.15, -0.1) is 11.8 Å². The fourth-order valence-electron chi connectivity index (χ4n) is 2.77. The second-order valence-corrected chi connectivity index (χ2v) is 8.53. The van der Waals surface area contributed by atoms with Gasteiger partial charge in [-0.05, 0) is 52.0 Å². The molecule has 3 rings (SSSR count). The monoisotopic (exact) mass is 404 g/mol. The van der Waals surface area contributed by atoms with E-state index in [0.29, 0.717) is 17.3 Å². The number of fused-ring (bicyclic) bond motifs is 1. The Kier molecular flexibility index (Phi) is 5.55. The third-order valence-electron chi connectivity index (χ3n) is 3.94. The van der Waals surface area contributed by atoms with E-state index in [-0.39, 0.29) is 5.96 Å². The van der Waals surface area contributed by atoms with Crippen LogP contribution in [-0.2, 0) is 9.53 Å². The smallest absolute Gasteiger partial charge is 0.411 e. The number of carbonyl (C=O) groups excluding carboxylic acids is 2. The van der Waals surface area contributed by atoms with Gasteiger partial charge in [0.05, 0.1) is 11.6 Å². The Morgan fingerprint density at radius 2 is 2.11 bits per heavy atom. The zero-order valence-electron chi connectivity index (χ0n) is 16.3. The highest BCUT2D eigenvalue weighted by Crippen LogP contribution is 2.25. The van der Waals surface area contributed by atoms with E-state index in [4.69, 9.17) is 14.9 Å². The Bertz CT molecular complexity index is 932. The number of rotatable bonds is 2. The van der Waals surface area contributed by atoms with Crippen LogP contribution >= 0.6 is 11.8 Å². The Morgan fingerprint density at radius 3 is 2.82 bits per heavy atom. The maximum Gasteiger partial charge on any atom is 0.411 e. The van der Waals surface area contributed by atoms with Gasteiger partial charge in [-0.1, -0.05) is 0 Å². The second-order valence-electron chi connectivity index (χ2n) is 7.53. The van der Waals surface area contributed by atoms with Crippen LogP contribution in [0.1, 0.15) is 26.5 Å². The van der Waals surface area contributed by atoms with E-state index in [0.717, 1.165) is 16.7 Å². The molecular weight excluding hydrogens is 380 g/mol. The lowest BCUT2D eigenvalue weighted by Gasteiger charge is -2.27. The molecule has 1 atom stereocenters. The lowest BCUT2D eigenvalue weighted by atomic mass is 10.2. The molecule has 0 bridgehead atoms. The number of carbonyl (C=O) groups is 2. The van der Waals surface area contributed by atoms with Gasteiger partial charge in [0, 0.05) is 11.1 Å². The molecule has 8 nitrogen and oxygen atoms in total. The number of amides is 2. The summed E-state index contributed by atoms with van der Waals surface area (Å²) in [6, 6.07) is 6.62. The molecule has 28 heavy (non-hydrogen) atoms. The molecule has 1 aromatic carbocycles. The number of aliphatic imine (C=N–C) groups is 1. The minimum atomic E-state index is -0.660. The Hall–Kier alpha value is -2.68. The van der Waals surface area contributed by atoms with Crippen molar-refractivity contribution in [2.45, 2.75) is 39.3 Å². The number of nitrogens with zero attached hydrogens (tertiary/aromatic N) is 2. The number of nitrogens with one attached hydrogen (secondary N) is 1. The maximum atomic E-state index is 12.6. The number of nitrogens with two attached hydrogens (primary N) is 1.